The highest BCUT2D eigenvalue weighted by Crippen LogP contribution is 2.24. The smallest absolute Gasteiger partial charge is 0.305 e. The second kappa shape index (κ2) is 7.84. The van der Waals surface area contributed by atoms with Gasteiger partial charge in [-0.1, -0.05) is 25.1 Å². The van der Waals surface area contributed by atoms with Gasteiger partial charge in [0, 0.05) is 12.0 Å². The van der Waals surface area contributed by atoms with E-state index in [1.165, 1.54) is 18.2 Å². The van der Waals surface area contributed by atoms with Gasteiger partial charge in [-0.15, -0.1) is 0 Å². The minimum Gasteiger partial charge on any atom is -0.466 e. The van der Waals surface area contributed by atoms with Crippen LogP contribution in [0.2, 0.25) is 0 Å². The number of ether oxygens (including phenoxy) is 1. The summed E-state index contributed by atoms with van der Waals surface area (Å²) in [5.74, 6) is -0.383. The number of benzene rings is 1. The van der Waals surface area contributed by atoms with E-state index in [1.54, 1.807) is 6.07 Å². The van der Waals surface area contributed by atoms with Gasteiger partial charge in [0.05, 0.1) is 12.7 Å². The molecular formula is C14H18F2O3. The average molecular weight is 272 g/mol. The highest BCUT2D eigenvalue weighted by molar-refractivity contribution is 5.69. The number of alkyl halides is 2. The van der Waals surface area contributed by atoms with E-state index < -0.39 is 12.5 Å². The highest BCUT2D eigenvalue weighted by Gasteiger charge is 2.14. The maximum Gasteiger partial charge on any atom is 0.305 e. The third-order valence-corrected chi connectivity index (χ3v) is 2.64. The zero-order chi connectivity index (χ0) is 14.3. The van der Waals surface area contributed by atoms with Crippen LogP contribution in [0.1, 0.15) is 49.8 Å². The first-order valence-electron chi connectivity index (χ1n) is 6.26. The Balaban J connectivity index is 2.51. The average Bonchev–Trinajstić information content (AvgIpc) is 2.42. The molecule has 0 aliphatic heterocycles. The van der Waals surface area contributed by atoms with Gasteiger partial charge in [0.2, 0.25) is 0 Å². The number of hydrogen-bond acceptors (Lipinski definition) is 3. The lowest BCUT2D eigenvalue weighted by Crippen LogP contribution is -2.08. The molecule has 3 nitrogen and oxygen atoms in total. The number of aliphatic hydroxyl groups is 1. The number of carbonyl (C=O) groups excluding carboxylic acids is 1. The van der Waals surface area contributed by atoms with E-state index in [2.05, 4.69) is 0 Å². The van der Waals surface area contributed by atoms with Gasteiger partial charge in [-0.25, -0.2) is 8.78 Å². The van der Waals surface area contributed by atoms with Gasteiger partial charge < -0.3 is 9.84 Å². The maximum atomic E-state index is 12.5. The summed E-state index contributed by atoms with van der Waals surface area (Å²) in [5.41, 5.74) is 0.256. The third-order valence-electron chi connectivity index (χ3n) is 2.64. The predicted molar refractivity (Wildman–Crippen MR) is 66.8 cm³/mol. The molecule has 0 saturated heterocycles. The highest BCUT2D eigenvalue weighted by atomic mass is 19.3. The number of halogens is 2. The molecule has 0 aliphatic rings. The monoisotopic (exact) mass is 272 g/mol. The first-order valence-corrected chi connectivity index (χ1v) is 6.26. The molecule has 1 aromatic rings. The lowest BCUT2D eigenvalue weighted by molar-refractivity contribution is -0.144. The molecule has 0 saturated carbocycles. The van der Waals surface area contributed by atoms with Crippen molar-refractivity contribution in [3.05, 3.63) is 35.4 Å². The van der Waals surface area contributed by atoms with E-state index in [-0.39, 0.29) is 24.4 Å². The Hall–Kier alpha value is -1.49. The molecule has 1 atom stereocenters. The third kappa shape index (κ3) is 5.34. The van der Waals surface area contributed by atoms with Crippen LogP contribution in [0.4, 0.5) is 8.78 Å². The summed E-state index contributed by atoms with van der Waals surface area (Å²) in [6, 6.07) is 5.59. The summed E-state index contributed by atoms with van der Waals surface area (Å²) in [7, 11) is 0. The van der Waals surface area contributed by atoms with Crippen molar-refractivity contribution in [2.45, 2.75) is 38.7 Å². The fraction of sp³-hybridized carbons (Fsp3) is 0.500. The van der Waals surface area contributed by atoms with E-state index in [0.29, 0.717) is 12.2 Å². The first-order chi connectivity index (χ1) is 9.04. The summed E-state index contributed by atoms with van der Waals surface area (Å²) >= 11 is 0. The quantitative estimate of drug-likeness (QED) is 0.774. The van der Waals surface area contributed by atoms with E-state index in [1.807, 2.05) is 6.92 Å². The summed E-state index contributed by atoms with van der Waals surface area (Å²) < 4.78 is 29.9. The van der Waals surface area contributed by atoms with Crippen LogP contribution in [0.5, 0.6) is 0 Å². The van der Waals surface area contributed by atoms with E-state index in [9.17, 15) is 18.7 Å². The second-order valence-electron chi connectivity index (χ2n) is 4.25. The summed E-state index contributed by atoms with van der Waals surface area (Å²) in [6.07, 6.45) is -2.53. The molecule has 1 rings (SSSR count). The van der Waals surface area contributed by atoms with Gasteiger partial charge in [-0.2, -0.15) is 0 Å². The van der Waals surface area contributed by atoms with E-state index in [4.69, 9.17) is 4.74 Å². The van der Waals surface area contributed by atoms with Gasteiger partial charge in [0.15, 0.2) is 0 Å². The SMILES string of the molecule is CCCOC(=O)CCC(O)c1cccc(C(F)F)c1. The zero-order valence-corrected chi connectivity index (χ0v) is 10.8. The fourth-order valence-electron chi connectivity index (χ4n) is 1.61. The summed E-state index contributed by atoms with van der Waals surface area (Å²) in [5, 5.41) is 9.85. The Morgan fingerprint density at radius 1 is 1.37 bits per heavy atom. The minimum absolute atomic E-state index is 0.0695. The number of hydrogen-bond donors (Lipinski definition) is 1. The Labute approximate surface area is 111 Å². The van der Waals surface area contributed by atoms with Crippen molar-refractivity contribution in [3.8, 4) is 0 Å². The summed E-state index contributed by atoms with van der Waals surface area (Å²) in [6.45, 7) is 2.24. The molecule has 5 heteroatoms. The van der Waals surface area contributed by atoms with Crippen LogP contribution in [0.3, 0.4) is 0 Å². The normalized spacial score (nSPS) is 12.5. The Bertz CT molecular complexity index is 407. The molecule has 19 heavy (non-hydrogen) atoms. The number of rotatable bonds is 7. The molecule has 0 bridgehead atoms. The number of carbonyl (C=O) groups is 1. The molecule has 106 valence electrons. The van der Waals surface area contributed by atoms with Gasteiger partial charge in [0.1, 0.15) is 0 Å². The van der Waals surface area contributed by atoms with Crippen molar-refractivity contribution in [2.75, 3.05) is 6.61 Å². The topological polar surface area (TPSA) is 46.5 Å². The standard InChI is InChI=1S/C14H18F2O3/c1-2-8-19-13(18)7-6-12(17)10-4-3-5-11(9-10)14(15)16/h3-5,9,12,14,17H,2,6-8H2,1H3. The fourth-order valence-corrected chi connectivity index (χ4v) is 1.61. The Morgan fingerprint density at radius 3 is 2.68 bits per heavy atom. The van der Waals surface area contributed by atoms with Crippen molar-refractivity contribution in [1.29, 1.82) is 0 Å². The Kier molecular flexibility index (Phi) is 6.42. The number of aliphatic hydroxyl groups excluding tert-OH is 1. The molecule has 0 heterocycles. The van der Waals surface area contributed by atoms with Gasteiger partial charge in [-0.3, -0.25) is 4.79 Å². The molecule has 1 N–H and O–H groups in total. The van der Waals surface area contributed by atoms with Gasteiger partial charge in [0.25, 0.3) is 6.43 Å². The van der Waals surface area contributed by atoms with Crippen LogP contribution in [0, 0.1) is 0 Å². The molecule has 0 aromatic heterocycles. The largest absolute Gasteiger partial charge is 0.466 e. The Morgan fingerprint density at radius 2 is 2.05 bits per heavy atom. The zero-order valence-electron chi connectivity index (χ0n) is 10.8. The van der Waals surface area contributed by atoms with Crippen LogP contribution in [-0.2, 0) is 9.53 Å². The van der Waals surface area contributed by atoms with Crippen molar-refractivity contribution in [3.63, 3.8) is 0 Å². The molecular weight excluding hydrogens is 254 g/mol. The van der Waals surface area contributed by atoms with Crippen LogP contribution in [0.15, 0.2) is 24.3 Å². The van der Waals surface area contributed by atoms with Crippen molar-refractivity contribution in [2.24, 2.45) is 0 Å². The van der Waals surface area contributed by atoms with E-state index >= 15 is 0 Å². The lowest BCUT2D eigenvalue weighted by Gasteiger charge is -2.12. The van der Waals surface area contributed by atoms with Crippen LogP contribution >= 0.6 is 0 Å². The molecule has 1 aromatic carbocycles. The minimum atomic E-state index is -2.57. The molecule has 0 amide bonds. The van der Waals surface area contributed by atoms with Crippen LogP contribution in [-0.4, -0.2) is 17.7 Å². The maximum absolute atomic E-state index is 12.5. The molecule has 0 aliphatic carbocycles. The van der Waals surface area contributed by atoms with Gasteiger partial charge in [-0.05, 0) is 24.5 Å². The van der Waals surface area contributed by atoms with Crippen LogP contribution < -0.4 is 0 Å². The van der Waals surface area contributed by atoms with Gasteiger partial charge >= 0.3 is 5.97 Å². The molecule has 0 radical (unpaired) electrons. The van der Waals surface area contributed by atoms with E-state index in [0.717, 1.165) is 6.42 Å². The molecule has 0 spiro atoms. The second-order valence-corrected chi connectivity index (χ2v) is 4.25. The number of esters is 1. The predicted octanol–water partition coefficient (Wildman–Crippen LogP) is 3.39. The lowest BCUT2D eigenvalue weighted by atomic mass is 10.0. The van der Waals surface area contributed by atoms with Crippen molar-refractivity contribution < 1.29 is 23.4 Å². The van der Waals surface area contributed by atoms with Crippen LogP contribution in [0.25, 0.3) is 0 Å². The van der Waals surface area contributed by atoms with Crippen molar-refractivity contribution >= 4 is 5.97 Å². The van der Waals surface area contributed by atoms with Crippen molar-refractivity contribution in [1.82, 2.24) is 0 Å². The molecule has 0 fully saturated rings. The first kappa shape index (κ1) is 15.6. The summed E-state index contributed by atoms with van der Waals surface area (Å²) in [4.78, 5) is 11.3. The molecule has 1 unspecified atom stereocenters.